The van der Waals surface area contributed by atoms with Crippen LogP contribution in [0.25, 0.3) is 0 Å². The van der Waals surface area contributed by atoms with E-state index >= 15 is 0 Å². The van der Waals surface area contributed by atoms with Gasteiger partial charge < -0.3 is 10.4 Å². The molecule has 2 N–H and O–H groups in total. The van der Waals surface area contributed by atoms with Crippen molar-refractivity contribution in [2.45, 2.75) is 25.3 Å². The molecule has 1 heterocycles. The predicted octanol–water partition coefficient (Wildman–Crippen LogP) is 3.19. The largest absolute Gasteiger partial charge is 0.507 e. The number of nitrogens with one attached hydrogen (secondary N) is 1. The molecule has 4 aliphatic rings. The van der Waals surface area contributed by atoms with Gasteiger partial charge in [0, 0.05) is 39.8 Å². The van der Waals surface area contributed by atoms with Crippen LogP contribution in [0.15, 0.2) is 64.8 Å². The van der Waals surface area contributed by atoms with E-state index in [4.69, 9.17) is 0 Å². The van der Waals surface area contributed by atoms with E-state index in [0.717, 1.165) is 19.4 Å². The first kappa shape index (κ1) is 17.5. The highest BCUT2D eigenvalue weighted by Crippen LogP contribution is 2.48. The van der Waals surface area contributed by atoms with Crippen molar-refractivity contribution in [3.63, 3.8) is 0 Å². The van der Waals surface area contributed by atoms with Crippen molar-refractivity contribution in [3.8, 4) is 5.75 Å². The number of allylic oxidation sites excluding steroid dienone is 2. The highest BCUT2D eigenvalue weighted by molar-refractivity contribution is 6.30. The summed E-state index contributed by atoms with van der Waals surface area (Å²) < 4.78 is 0. The summed E-state index contributed by atoms with van der Waals surface area (Å²) in [7, 11) is 0. The Labute approximate surface area is 173 Å². The summed E-state index contributed by atoms with van der Waals surface area (Å²) in [6.45, 7) is 0.736. The van der Waals surface area contributed by atoms with Crippen molar-refractivity contribution in [1.82, 2.24) is 5.32 Å². The number of phenols is 1. The fourth-order valence-electron chi connectivity index (χ4n) is 5.66. The second-order valence-corrected chi connectivity index (χ2v) is 8.38. The quantitative estimate of drug-likeness (QED) is 0.713. The Hall–Kier alpha value is -3.31. The smallest absolute Gasteiger partial charge is 0.194 e. The van der Waals surface area contributed by atoms with E-state index in [9.17, 15) is 19.5 Å². The highest BCUT2D eigenvalue weighted by atomic mass is 16.3. The number of piperidine rings is 1. The van der Waals surface area contributed by atoms with Gasteiger partial charge in [-0.3, -0.25) is 14.4 Å². The molecule has 0 aromatic heterocycles. The number of fused-ring (bicyclic) bond motifs is 6. The third-order valence-corrected chi connectivity index (χ3v) is 6.89. The summed E-state index contributed by atoms with van der Waals surface area (Å²) in [5.41, 5.74) is 4.05. The second-order valence-electron chi connectivity index (χ2n) is 8.38. The van der Waals surface area contributed by atoms with Crippen LogP contribution in [0.3, 0.4) is 0 Å². The van der Waals surface area contributed by atoms with Crippen molar-refractivity contribution < 1.29 is 19.5 Å². The van der Waals surface area contributed by atoms with Crippen LogP contribution in [-0.4, -0.2) is 35.0 Å². The SMILES string of the molecule is O=C1C2=C(C(=O)c3ccccc31)C1NCCCC1C1=C2Cc2cccc(O)c2C1=O. The van der Waals surface area contributed by atoms with Gasteiger partial charge in [0.2, 0.25) is 0 Å². The van der Waals surface area contributed by atoms with Crippen LogP contribution in [0.5, 0.6) is 5.75 Å². The summed E-state index contributed by atoms with van der Waals surface area (Å²) in [6.07, 6.45) is 2.03. The summed E-state index contributed by atoms with van der Waals surface area (Å²) >= 11 is 0. The van der Waals surface area contributed by atoms with E-state index in [1.54, 1.807) is 30.3 Å². The minimum atomic E-state index is -0.353. The lowest BCUT2D eigenvalue weighted by molar-refractivity contribution is 0.0945. The zero-order chi connectivity index (χ0) is 20.6. The molecule has 5 nitrogen and oxygen atoms in total. The first-order chi connectivity index (χ1) is 14.6. The van der Waals surface area contributed by atoms with Gasteiger partial charge in [0.1, 0.15) is 5.75 Å². The number of hydrogen-bond donors (Lipinski definition) is 2. The molecule has 0 bridgehead atoms. The van der Waals surface area contributed by atoms with Gasteiger partial charge in [-0.05, 0) is 43.0 Å². The molecule has 0 spiro atoms. The summed E-state index contributed by atoms with van der Waals surface area (Å²) in [4.78, 5) is 40.7. The van der Waals surface area contributed by atoms with E-state index in [1.165, 1.54) is 6.07 Å². The van der Waals surface area contributed by atoms with Gasteiger partial charge in [-0.15, -0.1) is 0 Å². The first-order valence-corrected chi connectivity index (χ1v) is 10.3. The Balaban J connectivity index is 1.64. The zero-order valence-electron chi connectivity index (χ0n) is 16.2. The number of rotatable bonds is 0. The minimum absolute atomic E-state index is 0.0273. The van der Waals surface area contributed by atoms with E-state index in [2.05, 4.69) is 5.32 Å². The average Bonchev–Trinajstić information content (AvgIpc) is 2.76. The summed E-state index contributed by atoms with van der Waals surface area (Å²) in [5, 5.41) is 13.8. The molecule has 3 aliphatic carbocycles. The maximum absolute atomic E-state index is 13.6. The summed E-state index contributed by atoms with van der Waals surface area (Å²) in [5.74, 6) is -0.718. The van der Waals surface area contributed by atoms with Crippen LogP contribution in [0, 0.1) is 5.92 Å². The van der Waals surface area contributed by atoms with E-state index < -0.39 is 0 Å². The Morgan fingerprint density at radius 2 is 1.63 bits per heavy atom. The molecular weight excluding hydrogens is 378 g/mol. The third kappa shape index (κ3) is 2.13. The van der Waals surface area contributed by atoms with E-state index in [1.807, 2.05) is 6.07 Å². The lowest BCUT2D eigenvalue weighted by Gasteiger charge is -2.43. The monoisotopic (exact) mass is 397 g/mol. The number of phenolic OH excluding ortho intramolecular Hbond substituents is 1. The predicted molar refractivity (Wildman–Crippen MR) is 110 cm³/mol. The van der Waals surface area contributed by atoms with Crippen molar-refractivity contribution in [3.05, 3.63) is 87.0 Å². The number of benzene rings is 2. The number of ketones is 3. The molecular formula is C25H19NO4. The standard InChI is InChI=1S/C25H19NO4/c27-17-9-3-5-12-11-16-19(25(30)18(12)17)15-8-4-10-26-22(15)21-20(16)23(28)13-6-1-2-7-14(13)24(21)29/h1-3,5-7,9,15,22,26-27H,4,8,10-11H2. The number of hydrogen-bond acceptors (Lipinski definition) is 5. The van der Waals surface area contributed by atoms with Crippen LogP contribution >= 0.6 is 0 Å². The molecule has 0 radical (unpaired) electrons. The van der Waals surface area contributed by atoms with E-state index in [0.29, 0.717) is 51.0 Å². The average molecular weight is 397 g/mol. The van der Waals surface area contributed by atoms with E-state index in [-0.39, 0.29) is 35.1 Å². The maximum Gasteiger partial charge on any atom is 0.194 e. The maximum atomic E-state index is 13.6. The Morgan fingerprint density at radius 3 is 2.43 bits per heavy atom. The van der Waals surface area contributed by atoms with Crippen LogP contribution in [0.4, 0.5) is 0 Å². The number of aromatic hydroxyl groups is 1. The lowest BCUT2D eigenvalue weighted by atomic mass is 9.62. The van der Waals surface area contributed by atoms with Gasteiger partial charge in [-0.2, -0.15) is 0 Å². The molecule has 1 saturated heterocycles. The molecule has 2 aromatic carbocycles. The zero-order valence-corrected chi connectivity index (χ0v) is 16.2. The molecule has 0 amide bonds. The fraction of sp³-hybridized carbons (Fsp3) is 0.240. The third-order valence-electron chi connectivity index (χ3n) is 6.89. The van der Waals surface area contributed by atoms with Gasteiger partial charge in [-0.1, -0.05) is 36.4 Å². The highest BCUT2D eigenvalue weighted by Gasteiger charge is 2.49. The van der Waals surface area contributed by atoms with Crippen molar-refractivity contribution >= 4 is 17.3 Å². The molecule has 1 aliphatic heterocycles. The number of carbonyl (C=O) groups is 3. The topological polar surface area (TPSA) is 83.5 Å². The minimum Gasteiger partial charge on any atom is -0.507 e. The molecule has 0 saturated carbocycles. The first-order valence-electron chi connectivity index (χ1n) is 10.3. The lowest BCUT2D eigenvalue weighted by Crippen LogP contribution is -2.51. The Kier molecular flexibility index (Phi) is 3.56. The van der Waals surface area contributed by atoms with Crippen molar-refractivity contribution in [1.29, 1.82) is 0 Å². The normalized spacial score (nSPS) is 24.7. The molecule has 148 valence electrons. The molecule has 6 rings (SSSR count). The Morgan fingerprint density at radius 1 is 0.867 bits per heavy atom. The van der Waals surface area contributed by atoms with Crippen LogP contribution in [0.1, 0.15) is 49.5 Å². The summed E-state index contributed by atoms with van der Waals surface area (Å²) in [6, 6.07) is 11.6. The number of Topliss-reactive ketones (excluding diaryl/α,β-unsaturated/α-hetero) is 3. The molecule has 5 heteroatoms. The second kappa shape index (κ2) is 6.09. The van der Waals surface area contributed by atoms with Gasteiger partial charge >= 0.3 is 0 Å². The van der Waals surface area contributed by atoms with Crippen molar-refractivity contribution in [2.75, 3.05) is 6.54 Å². The van der Waals surface area contributed by atoms with Gasteiger partial charge in [0.25, 0.3) is 0 Å². The van der Waals surface area contributed by atoms with Crippen LogP contribution in [-0.2, 0) is 6.42 Å². The van der Waals surface area contributed by atoms with Crippen molar-refractivity contribution in [2.24, 2.45) is 5.92 Å². The molecule has 30 heavy (non-hydrogen) atoms. The molecule has 2 unspecified atom stereocenters. The van der Waals surface area contributed by atoms with Gasteiger partial charge in [0.15, 0.2) is 17.3 Å². The molecule has 2 atom stereocenters. The Bertz CT molecular complexity index is 1250. The van der Waals surface area contributed by atoms with Gasteiger partial charge in [-0.25, -0.2) is 0 Å². The molecule has 1 fully saturated rings. The number of carbonyl (C=O) groups excluding carboxylic acids is 3. The van der Waals surface area contributed by atoms with Crippen LogP contribution < -0.4 is 5.32 Å². The van der Waals surface area contributed by atoms with Gasteiger partial charge in [0.05, 0.1) is 5.56 Å². The fourth-order valence-corrected chi connectivity index (χ4v) is 5.66. The molecule has 2 aromatic rings. The van der Waals surface area contributed by atoms with Crippen LogP contribution in [0.2, 0.25) is 0 Å².